The molecule has 116 valence electrons. The average molecular weight is 330 g/mol. The number of hydrogen-bond acceptors (Lipinski definition) is 7. The number of esters is 1. The zero-order valence-electron chi connectivity index (χ0n) is 12.0. The zero-order valence-corrected chi connectivity index (χ0v) is 13.6. The molecule has 0 fully saturated rings. The van der Waals surface area contributed by atoms with Gasteiger partial charge in [0.05, 0.1) is 13.0 Å². The van der Waals surface area contributed by atoms with Crippen molar-refractivity contribution in [3.8, 4) is 0 Å². The van der Waals surface area contributed by atoms with Crippen molar-refractivity contribution in [1.82, 2.24) is 15.5 Å². The summed E-state index contributed by atoms with van der Waals surface area (Å²) in [4.78, 5) is 22.9. The van der Waals surface area contributed by atoms with Gasteiger partial charge in [-0.15, -0.1) is 10.2 Å². The maximum atomic E-state index is 11.6. The molecule has 0 unspecified atom stereocenters. The first kappa shape index (κ1) is 17.4. The SMILES string of the molecule is CCCOC(=O)CCC(=O)NC(=S)Nc1nnc(CC)s1. The number of aryl methyl sites for hydroxylation is 1. The smallest absolute Gasteiger partial charge is 0.306 e. The summed E-state index contributed by atoms with van der Waals surface area (Å²) in [6.07, 6.45) is 1.61. The van der Waals surface area contributed by atoms with E-state index in [1.54, 1.807) is 0 Å². The molecule has 0 aromatic carbocycles. The van der Waals surface area contributed by atoms with Crippen molar-refractivity contribution >= 4 is 45.7 Å². The molecule has 0 atom stereocenters. The highest BCUT2D eigenvalue weighted by atomic mass is 32.1. The molecule has 1 rings (SSSR count). The second kappa shape index (κ2) is 9.35. The number of rotatable bonds is 7. The molecule has 1 heterocycles. The van der Waals surface area contributed by atoms with Crippen LogP contribution in [0.4, 0.5) is 5.13 Å². The molecule has 0 saturated heterocycles. The zero-order chi connectivity index (χ0) is 15.7. The van der Waals surface area contributed by atoms with Crippen molar-refractivity contribution in [2.24, 2.45) is 0 Å². The lowest BCUT2D eigenvalue weighted by Crippen LogP contribution is -2.34. The van der Waals surface area contributed by atoms with Gasteiger partial charge in [-0.25, -0.2) is 0 Å². The summed E-state index contributed by atoms with van der Waals surface area (Å²) in [5, 5.41) is 14.6. The third kappa shape index (κ3) is 7.09. The number of nitrogens with one attached hydrogen (secondary N) is 2. The molecule has 0 aliphatic rings. The lowest BCUT2D eigenvalue weighted by atomic mass is 10.3. The molecule has 0 saturated carbocycles. The highest BCUT2D eigenvalue weighted by molar-refractivity contribution is 7.80. The van der Waals surface area contributed by atoms with E-state index < -0.39 is 0 Å². The molecule has 0 aliphatic carbocycles. The van der Waals surface area contributed by atoms with Crippen molar-refractivity contribution in [2.75, 3.05) is 11.9 Å². The minimum Gasteiger partial charge on any atom is -0.466 e. The van der Waals surface area contributed by atoms with E-state index in [1.807, 2.05) is 13.8 Å². The molecule has 9 heteroatoms. The number of amides is 1. The van der Waals surface area contributed by atoms with Crippen molar-refractivity contribution < 1.29 is 14.3 Å². The van der Waals surface area contributed by atoms with Gasteiger partial charge in [0.1, 0.15) is 5.01 Å². The van der Waals surface area contributed by atoms with Gasteiger partial charge in [-0.3, -0.25) is 9.59 Å². The third-order valence-corrected chi connectivity index (χ3v) is 3.45. The summed E-state index contributed by atoms with van der Waals surface area (Å²) in [5.41, 5.74) is 0. The van der Waals surface area contributed by atoms with Crippen LogP contribution in [0.1, 0.15) is 38.1 Å². The van der Waals surface area contributed by atoms with Gasteiger partial charge in [0.25, 0.3) is 0 Å². The molecular weight excluding hydrogens is 312 g/mol. The normalized spacial score (nSPS) is 10.0. The van der Waals surface area contributed by atoms with E-state index in [9.17, 15) is 9.59 Å². The first-order valence-electron chi connectivity index (χ1n) is 6.64. The van der Waals surface area contributed by atoms with Crippen molar-refractivity contribution in [3.05, 3.63) is 5.01 Å². The fourth-order valence-electron chi connectivity index (χ4n) is 1.27. The van der Waals surface area contributed by atoms with Gasteiger partial charge >= 0.3 is 5.97 Å². The molecule has 1 amide bonds. The molecule has 0 bridgehead atoms. The molecule has 0 aliphatic heterocycles. The number of nitrogens with zero attached hydrogens (tertiary/aromatic N) is 2. The fraction of sp³-hybridized carbons (Fsp3) is 0.583. The lowest BCUT2D eigenvalue weighted by Gasteiger charge is -2.06. The van der Waals surface area contributed by atoms with Crippen LogP contribution in [0.2, 0.25) is 0 Å². The Bertz CT molecular complexity index is 504. The summed E-state index contributed by atoms with van der Waals surface area (Å²) >= 11 is 6.36. The van der Waals surface area contributed by atoms with E-state index in [0.29, 0.717) is 11.7 Å². The number of anilines is 1. The Balaban J connectivity index is 2.27. The third-order valence-electron chi connectivity index (χ3n) is 2.27. The maximum Gasteiger partial charge on any atom is 0.306 e. The van der Waals surface area contributed by atoms with E-state index >= 15 is 0 Å². The van der Waals surface area contributed by atoms with E-state index in [2.05, 4.69) is 20.8 Å². The number of ether oxygens (including phenoxy) is 1. The molecule has 1 aromatic rings. The quantitative estimate of drug-likeness (QED) is 0.580. The van der Waals surface area contributed by atoms with Crippen LogP contribution >= 0.6 is 23.6 Å². The van der Waals surface area contributed by atoms with Crippen molar-refractivity contribution in [2.45, 2.75) is 39.5 Å². The van der Waals surface area contributed by atoms with E-state index in [0.717, 1.165) is 17.8 Å². The Labute approximate surface area is 132 Å². The minimum absolute atomic E-state index is 0.0285. The lowest BCUT2D eigenvalue weighted by molar-refractivity contribution is -0.144. The fourth-order valence-corrected chi connectivity index (χ4v) is 2.23. The van der Waals surface area contributed by atoms with Crippen LogP contribution in [0.5, 0.6) is 0 Å². The topological polar surface area (TPSA) is 93.2 Å². The molecule has 0 spiro atoms. The number of carbonyl (C=O) groups excluding carboxylic acids is 2. The number of hydrogen-bond donors (Lipinski definition) is 2. The molecule has 0 radical (unpaired) electrons. The van der Waals surface area contributed by atoms with Gasteiger partial charge in [-0.1, -0.05) is 25.2 Å². The Morgan fingerprint density at radius 1 is 1.29 bits per heavy atom. The van der Waals surface area contributed by atoms with Crippen LogP contribution in [0.15, 0.2) is 0 Å². The number of carbonyl (C=O) groups is 2. The summed E-state index contributed by atoms with van der Waals surface area (Å²) in [5.74, 6) is -0.733. The Morgan fingerprint density at radius 2 is 2.05 bits per heavy atom. The van der Waals surface area contributed by atoms with Gasteiger partial charge in [-0.2, -0.15) is 0 Å². The van der Waals surface area contributed by atoms with Crippen LogP contribution in [-0.4, -0.2) is 33.8 Å². The largest absolute Gasteiger partial charge is 0.466 e. The van der Waals surface area contributed by atoms with E-state index in [-0.39, 0.29) is 29.8 Å². The van der Waals surface area contributed by atoms with Gasteiger partial charge in [0, 0.05) is 6.42 Å². The Hall–Kier alpha value is -1.61. The van der Waals surface area contributed by atoms with Gasteiger partial charge in [0.15, 0.2) is 5.11 Å². The predicted octanol–water partition coefficient (Wildman–Crippen LogP) is 1.65. The molecule has 7 nitrogen and oxygen atoms in total. The number of thiocarbonyl (C=S) groups is 1. The van der Waals surface area contributed by atoms with E-state index in [1.165, 1.54) is 11.3 Å². The van der Waals surface area contributed by atoms with Crippen LogP contribution in [0.25, 0.3) is 0 Å². The van der Waals surface area contributed by atoms with Crippen molar-refractivity contribution in [1.29, 1.82) is 0 Å². The summed E-state index contributed by atoms with van der Waals surface area (Å²) in [6.45, 7) is 4.25. The summed E-state index contributed by atoms with van der Waals surface area (Å²) in [6, 6.07) is 0. The van der Waals surface area contributed by atoms with Gasteiger partial charge < -0.3 is 15.4 Å². The van der Waals surface area contributed by atoms with Crippen molar-refractivity contribution in [3.63, 3.8) is 0 Å². The Kier molecular flexibility index (Phi) is 7.76. The minimum atomic E-state index is -0.386. The van der Waals surface area contributed by atoms with E-state index in [4.69, 9.17) is 17.0 Å². The first-order valence-corrected chi connectivity index (χ1v) is 7.86. The molecule has 21 heavy (non-hydrogen) atoms. The molecular formula is C12H18N4O3S2. The molecule has 2 N–H and O–H groups in total. The summed E-state index contributed by atoms with van der Waals surface area (Å²) < 4.78 is 4.87. The Morgan fingerprint density at radius 3 is 2.67 bits per heavy atom. The van der Waals surface area contributed by atoms with Crippen LogP contribution in [-0.2, 0) is 20.7 Å². The highest BCUT2D eigenvalue weighted by Gasteiger charge is 2.10. The van der Waals surface area contributed by atoms with Crippen LogP contribution in [0.3, 0.4) is 0 Å². The molecule has 1 aromatic heterocycles. The average Bonchev–Trinajstić information content (AvgIpc) is 2.90. The predicted molar refractivity (Wildman–Crippen MR) is 84.1 cm³/mol. The van der Waals surface area contributed by atoms with Gasteiger partial charge in [-0.05, 0) is 25.1 Å². The standard InChI is InChI=1S/C12H18N4O3S2/c1-3-7-19-10(18)6-5-8(17)13-11(20)14-12-16-15-9(4-2)21-12/h3-7H2,1-2H3,(H2,13,14,16,17,20). The number of aromatic nitrogens is 2. The van der Waals surface area contributed by atoms with Crippen LogP contribution < -0.4 is 10.6 Å². The highest BCUT2D eigenvalue weighted by Crippen LogP contribution is 2.14. The summed E-state index contributed by atoms with van der Waals surface area (Å²) in [7, 11) is 0. The monoisotopic (exact) mass is 330 g/mol. The van der Waals surface area contributed by atoms with Gasteiger partial charge in [0.2, 0.25) is 11.0 Å². The van der Waals surface area contributed by atoms with Crippen LogP contribution in [0, 0.1) is 0 Å². The maximum absolute atomic E-state index is 11.6. The first-order chi connectivity index (χ1) is 10.0. The second-order valence-electron chi connectivity index (χ2n) is 4.08. The second-order valence-corrected chi connectivity index (χ2v) is 5.55.